The van der Waals surface area contributed by atoms with E-state index in [2.05, 4.69) is 19.2 Å². The summed E-state index contributed by atoms with van der Waals surface area (Å²) in [4.78, 5) is 24.5. The molecule has 1 N–H and O–H groups in total. The van der Waals surface area contributed by atoms with Gasteiger partial charge < -0.3 is 19.5 Å². The molecule has 144 valence electrons. The maximum atomic E-state index is 12.2. The van der Waals surface area contributed by atoms with Crippen molar-refractivity contribution in [3.05, 3.63) is 53.6 Å². The molecule has 0 saturated carbocycles. The first-order chi connectivity index (χ1) is 13.0. The number of carbonyl (C=O) groups excluding carboxylic acids is 2. The number of para-hydroxylation sites is 1. The number of esters is 1. The molecule has 2 aromatic rings. The fourth-order valence-corrected chi connectivity index (χ4v) is 2.59. The highest BCUT2D eigenvalue weighted by Crippen LogP contribution is 2.26. The van der Waals surface area contributed by atoms with E-state index < -0.39 is 11.9 Å². The zero-order valence-electron chi connectivity index (χ0n) is 16.1. The Bertz CT molecular complexity index is 781. The minimum atomic E-state index is -0.627. The highest BCUT2D eigenvalue weighted by atomic mass is 16.5. The van der Waals surface area contributed by atoms with Gasteiger partial charge in [-0.05, 0) is 36.1 Å². The summed E-state index contributed by atoms with van der Waals surface area (Å²) in [5, 5.41) is 2.81. The Morgan fingerprint density at radius 3 is 2.26 bits per heavy atom. The first-order valence-electron chi connectivity index (χ1n) is 8.77. The van der Waals surface area contributed by atoms with Crippen LogP contribution in [0.4, 0.5) is 5.69 Å². The molecule has 0 aliphatic heterocycles. The van der Waals surface area contributed by atoms with Gasteiger partial charge in [-0.1, -0.05) is 32.0 Å². The standard InChI is InChI=1S/C21H25NO5/c1-5-14(2)18-8-6-7-9-19(18)22-20(23)13-27-21(24)15-10-16(25-3)12-17(11-15)26-4/h6-12,14H,5,13H2,1-4H3,(H,22,23)/t14-/m0/s1. The molecule has 0 aliphatic rings. The topological polar surface area (TPSA) is 73.9 Å². The normalized spacial score (nSPS) is 11.4. The number of benzene rings is 2. The lowest BCUT2D eigenvalue weighted by atomic mass is 9.97. The van der Waals surface area contributed by atoms with Crippen molar-refractivity contribution in [1.82, 2.24) is 0 Å². The van der Waals surface area contributed by atoms with E-state index in [4.69, 9.17) is 14.2 Å². The number of amides is 1. The quantitative estimate of drug-likeness (QED) is 0.710. The van der Waals surface area contributed by atoms with Crippen molar-refractivity contribution in [2.24, 2.45) is 0 Å². The third kappa shape index (κ3) is 5.48. The maximum absolute atomic E-state index is 12.2. The lowest BCUT2D eigenvalue weighted by Gasteiger charge is -2.15. The van der Waals surface area contributed by atoms with Crippen molar-refractivity contribution >= 4 is 17.6 Å². The molecule has 0 saturated heterocycles. The number of hydrogen-bond acceptors (Lipinski definition) is 5. The van der Waals surface area contributed by atoms with Gasteiger partial charge in [-0.25, -0.2) is 4.79 Å². The second-order valence-corrected chi connectivity index (χ2v) is 6.12. The van der Waals surface area contributed by atoms with E-state index in [0.717, 1.165) is 17.7 Å². The lowest BCUT2D eigenvalue weighted by molar-refractivity contribution is -0.119. The maximum Gasteiger partial charge on any atom is 0.338 e. The number of anilines is 1. The van der Waals surface area contributed by atoms with Crippen LogP contribution in [0.1, 0.15) is 42.1 Å². The zero-order chi connectivity index (χ0) is 19.8. The lowest BCUT2D eigenvalue weighted by Crippen LogP contribution is -2.21. The summed E-state index contributed by atoms with van der Waals surface area (Å²) in [5.74, 6) is 0.223. The van der Waals surface area contributed by atoms with Crippen LogP contribution in [0.2, 0.25) is 0 Å². The minimum absolute atomic E-state index is 0.249. The summed E-state index contributed by atoms with van der Waals surface area (Å²) in [7, 11) is 2.98. The molecular weight excluding hydrogens is 346 g/mol. The van der Waals surface area contributed by atoms with E-state index >= 15 is 0 Å². The number of carbonyl (C=O) groups is 2. The molecule has 0 aliphatic carbocycles. The molecule has 27 heavy (non-hydrogen) atoms. The van der Waals surface area contributed by atoms with Gasteiger partial charge in [0, 0.05) is 11.8 Å². The van der Waals surface area contributed by atoms with E-state index in [-0.39, 0.29) is 12.2 Å². The van der Waals surface area contributed by atoms with E-state index in [0.29, 0.717) is 17.4 Å². The molecule has 0 bridgehead atoms. The number of rotatable bonds is 8. The van der Waals surface area contributed by atoms with Crippen molar-refractivity contribution in [2.75, 3.05) is 26.1 Å². The summed E-state index contributed by atoms with van der Waals surface area (Å²) >= 11 is 0. The fourth-order valence-electron chi connectivity index (χ4n) is 2.59. The van der Waals surface area contributed by atoms with Gasteiger partial charge in [0.05, 0.1) is 19.8 Å². The number of ether oxygens (including phenoxy) is 3. The Morgan fingerprint density at radius 2 is 1.67 bits per heavy atom. The van der Waals surface area contributed by atoms with E-state index in [1.54, 1.807) is 6.07 Å². The van der Waals surface area contributed by atoms with E-state index in [9.17, 15) is 9.59 Å². The summed E-state index contributed by atoms with van der Waals surface area (Å²) in [6.45, 7) is 3.81. The van der Waals surface area contributed by atoms with Crippen LogP contribution >= 0.6 is 0 Å². The van der Waals surface area contributed by atoms with Crippen LogP contribution in [0.25, 0.3) is 0 Å². The SMILES string of the molecule is CC[C@H](C)c1ccccc1NC(=O)COC(=O)c1cc(OC)cc(OC)c1. The van der Waals surface area contributed by atoms with Gasteiger partial charge in [0.25, 0.3) is 5.91 Å². The molecule has 6 nitrogen and oxygen atoms in total. The van der Waals surface area contributed by atoms with Crippen LogP contribution in [0.15, 0.2) is 42.5 Å². The Morgan fingerprint density at radius 1 is 1.04 bits per heavy atom. The molecule has 1 atom stereocenters. The van der Waals surface area contributed by atoms with Gasteiger partial charge in [0.2, 0.25) is 0 Å². The van der Waals surface area contributed by atoms with Crippen molar-refractivity contribution < 1.29 is 23.8 Å². The summed E-state index contributed by atoms with van der Waals surface area (Å²) in [5.41, 5.74) is 2.03. The molecule has 0 heterocycles. The first kappa shape index (κ1) is 20.3. The molecule has 2 rings (SSSR count). The Labute approximate surface area is 159 Å². The van der Waals surface area contributed by atoms with Gasteiger partial charge in [-0.15, -0.1) is 0 Å². The third-order valence-electron chi connectivity index (χ3n) is 4.30. The molecule has 0 radical (unpaired) electrons. The summed E-state index contributed by atoms with van der Waals surface area (Å²) in [6, 6.07) is 12.3. The Kier molecular flexibility index (Phi) is 7.23. The van der Waals surface area contributed by atoms with Crippen LogP contribution in [-0.2, 0) is 9.53 Å². The van der Waals surface area contributed by atoms with Crippen molar-refractivity contribution in [2.45, 2.75) is 26.2 Å². The van der Waals surface area contributed by atoms with Gasteiger partial charge in [0.1, 0.15) is 11.5 Å². The van der Waals surface area contributed by atoms with E-state index in [1.165, 1.54) is 26.4 Å². The average Bonchev–Trinajstić information content (AvgIpc) is 2.71. The van der Waals surface area contributed by atoms with Gasteiger partial charge in [-0.2, -0.15) is 0 Å². The second kappa shape index (κ2) is 9.62. The van der Waals surface area contributed by atoms with Crippen LogP contribution < -0.4 is 14.8 Å². The van der Waals surface area contributed by atoms with Crippen molar-refractivity contribution in [3.8, 4) is 11.5 Å². The second-order valence-electron chi connectivity index (χ2n) is 6.12. The number of nitrogens with one attached hydrogen (secondary N) is 1. The van der Waals surface area contributed by atoms with Gasteiger partial charge in [-0.3, -0.25) is 4.79 Å². The van der Waals surface area contributed by atoms with E-state index in [1.807, 2.05) is 24.3 Å². The average molecular weight is 371 g/mol. The number of methoxy groups -OCH3 is 2. The van der Waals surface area contributed by atoms with Crippen LogP contribution in [0, 0.1) is 0 Å². The molecule has 0 fully saturated rings. The zero-order valence-corrected chi connectivity index (χ0v) is 16.1. The molecule has 0 aromatic heterocycles. The third-order valence-corrected chi connectivity index (χ3v) is 4.30. The largest absolute Gasteiger partial charge is 0.497 e. The van der Waals surface area contributed by atoms with Gasteiger partial charge >= 0.3 is 5.97 Å². The smallest absolute Gasteiger partial charge is 0.338 e. The molecule has 6 heteroatoms. The van der Waals surface area contributed by atoms with Crippen LogP contribution in [0.3, 0.4) is 0 Å². The molecule has 1 amide bonds. The predicted molar refractivity (Wildman–Crippen MR) is 104 cm³/mol. The van der Waals surface area contributed by atoms with Crippen molar-refractivity contribution in [1.29, 1.82) is 0 Å². The summed E-state index contributed by atoms with van der Waals surface area (Å²) in [6.07, 6.45) is 0.958. The van der Waals surface area contributed by atoms with Gasteiger partial charge in [0.15, 0.2) is 6.61 Å². The minimum Gasteiger partial charge on any atom is -0.497 e. The fraction of sp³-hybridized carbons (Fsp3) is 0.333. The Hall–Kier alpha value is -3.02. The monoisotopic (exact) mass is 371 g/mol. The highest BCUT2D eigenvalue weighted by molar-refractivity contribution is 5.96. The van der Waals surface area contributed by atoms with Crippen LogP contribution in [0.5, 0.6) is 11.5 Å². The molecule has 2 aromatic carbocycles. The summed E-state index contributed by atoms with van der Waals surface area (Å²) < 4.78 is 15.4. The number of hydrogen-bond donors (Lipinski definition) is 1. The van der Waals surface area contributed by atoms with Crippen molar-refractivity contribution in [3.63, 3.8) is 0 Å². The first-order valence-corrected chi connectivity index (χ1v) is 8.77. The highest BCUT2D eigenvalue weighted by Gasteiger charge is 2.15. The van der Waals surface area contributed by atoms with Crippen LogP contribution in [-0.4, -0.2) is 32.7 Å². The molecular formula is C21H25NO5. The molecule has 0 spiro atoms. The predicted octanol–water partition coefficient (Wildman–Crippen LogP) is 4.01. The Balaban J connectivity index is 2.01. The molecule has 0 unspecified atom stereocenters.